The van der Waals surface area contributed by atoms with Crippen molar-refractivity contribution in [3.8, 4) is 0 Å². The van der Waals surface area contributed by atoms with Crippen LogP contribution in [0.15, 0.2) is 16.6 Å². The predicted molar refractivity (Wildman–Crippen MR) is 74.0 cm³/mol. The van der Waals surface area contributed by atoms with E-state index in [1.807, 2.05) is 6.92 Å². The Morgan fingerprint density at radius 3 is 2.78 bits per heavy atom. The molecule has 0 aromatic heterocycles. The van der Waals surface area contributed by atoms with E-state index in [1.165, 1.54) is 6.07 Å². The molecule has 1 N–H and O–H groups in total. The van der Waals surface area contributed by atoms with E-state index in [9.17, 15) is 9.18 Å². The zero-order valence-corrected chi connectivity index (χ0v) is 12.2. The summed E-state index contributed by atoms with van der Waals surface area (Å²) in [5.41, 5.74) is 1.43. The summed E-state index contributed by atoms with van der Waals surface area (Å²) in [6, 6.07) is 3.06. The van der Waals surface area contributed by atoms with Crippen molar-refractivity contribution in [1.82, 2.24) is 0 Å². The highest BCUT2D eigenvalue weighted by Gasteiger charge is 2.29. The first kappa shape index (κ1) is 13.5. The molecule has 0 bridgehead atoms. The van der Waals surface area contributed by atoms with Gasteiger partial charge in [-0.05, 0) is 59.3 Å². The smallest absolute Gasteiger partial charge is 0.227 e. The maximum absolute atomic E-state index is 13.5. The molecule has 0 aliphatic heterocycles. The number of aryl methyl sites for hydroxylation is 1. The Balaban J connectivity index is 2.14. The van der Waals surface area contributed by atoms with Crippen LogP contribution in [-0.4, -0.2) is 5.91 Å². The van der Waals surface area contributed by atoms with Gasteiger partial charge >= 0.3 is 0 Å². The fraction of sp³-hybridized carbons (Fsp3) is 0.500. The van der Waals surface area contributed by atoms with Crippen LogP contribution in [0, 0.1) is 24.6 Å². The Morgan fingerprint density at radius 1 is 1.44 bits per heavy atom. The molecule has 2 atom stereocenters. The van der Waals surface area contributed by atoms with Crippen LogP contribution in [0.3, 0.4) is 0 Å². The first-order chi connectivity index (χ1) is 8.49. The van der Waals surface area contributed by atoms with Gasteiger partial charge in [-0.15, -0.1) is 0 Å². The molecule has 2 nitrogen and oxygen atoms in total. The van der Waals surface area contributed by atoms with Crippen LogP contribution in [0.5, 0.6) is 0 Å². The average molecular weight is 314 g/mol. The molecule has 0 spiro atoms. The number of carbonyl (C=O) groups excluding carboxylic acids is 1. The van der Waals surface area contributed by atoms with Crippen molar-refractivity contribution in [2.75, 3.05) is 5.32 Å². The van der Waals surface area contributed by atoms with Crippen LogP contribution in [0.4, 0.5) is 10.1 Å². The molecule has 0 radical (unpaired) electrons. The molecule has 4 heteroatoms. The molecule has 2 unspecified atom stereocenters. The first-order valence-electron chi connectivity index (χ1n) is 6.25. The van der Waals surface area contributed by atoms with Crippen molar-refractivity contribution in [2.45, 2.75) is 33.1 Å². The molecular weight excluding hydrogens is 297 g/mol. The Kier molecular flexibility index (Phi) is 4.05. The fourth-order valence-corrected chi connectivity index (χ4v) is 3.00. The molecule has 98 valence electrons. The summed E-state index contributed by atoms with van der Waals surface area (Å²) < 4.78 is 13.9. The minimum absolute atomic E-state index is 0.0184. The van der Waals surface area contributed by atoms with Crippen molar-refractivity contribution in [2.24, 2.45) is 11.8 Å². The van der Waals surface area contributed by atoms with Crippen LogP contribution >= 0.6 is 15.9 Å². The standard InChI is InChI=1S/C14H17BrFNO/c1-8-4-3-5-10(8)14(18)17-13-7-12(16)11(15)6-9(13)2/h6-8,10H,3-5H2,1-2H3,(H,17,18). The van der Waals surface area contributed by atoms with Gasteiger partial charge in [0, 0.05) is 11.6 Å². The second-order valence-corrected chi connectivity index (χ2v) is 5.94. The fourth-order valence-electron chi connectivity index (χ4n) is 2.54. The molecule has 1 saturated carbocycles. The quantitative estimate of drug-likeness (QED) is 0.868. The molecule has 2 rings (SSSR count). The summed E-state index contributed by atoms with van der Waals surface area (Å²) in [6.07, 6.45) is 3.14. The van der Waals surface area contributed by atoms with Gasteiger partial charge in [-0.1, -0.05) is 13.3 Å². The summed E-state index contributed by atoms with van der Waals surface area (Å²) in [7, 11) is 0. The molecule has 18 heavy (non-hydrogen) atoms. The molecule has 1 fully saturated rings. The first-order valence-corrected chi connectivity index (χ1v) is 7.05. The van der Waals surface area contributed by atoms with E-state index in [0.29, 0.717) is 16.1 Å². The van der Waals surface area contributed by atoms with E-state index in [2.05, 4.69) is 28.2 Å². The summed E-state index contributed by atoms with van der Waals surface area (Å²) >= 11 is 3.13. The Bertz CT molecular complexity index is 475. The van der Waals surface area contributed by atoms with E-state index in [4.69, 9.17) is 0 Å². The third kappa shape index (κ3) is 2.74. The largest absolute Gasteiger partial charge is 0.325 e. The molecule has 1 aromatic rings. The number of hydrogen-bond donors (Lipinski definition) is 1. The molecule has 1 aromatic carbocycles. The summed E-state index contributed by atoms with van der Waals surface area (Å²) in [6.45, 7) is 3.96. The normalized spacial score (nSPS) is 23.1. The maximum atomic E-state index is 13.5. The lowest BCUT2D eigenvalue weighted by Crippen LogP contribution is -2.25. The SMILES string of the molecule is Cc1cc(Br)c(F)cc1NC(=O)C1CCCC1C. The van der Waals surface area contributed by atoms with E-state index in [1.54, 1.807) is 6.07 Å². The number of anilines is 1. The van der Waals surface area contributed by atoms with Crippen LogP contribution in [0.1, 0.15) is 31.7 Å². The van der Waals surface area contributed by atoms with Gasteiger partial charge < -0.3 is 5.32 Å². The van der Waals surface area contributed by atoms with Gasteiger partial charge in [-0.2, -0.15) is 0 Å². The number of hydrogen-bond acceptors (Lipinski definition) is 1. The van der Waals surface area contributed by atoms with Gasteiger partial charge in [0.15, 0.2) is 0 Å². The minimum atomic E-state index is -0.352. The van der Waals surface area contributed by atoms with Crippen LogP contribution in [-0.2, 0) is 4.79 Å². The third-order valence-electron chi connectivity index (χ3n) is 3.72. The van der Waals surface area contributed by atoms with Crippen LogP contribution in [0.2, 0.25) is 0 Å². The van der Waals surface area contributed by atoms with Gasteiger partial charge in [0.05, 0.1) is 4.47 Å². The maximum Gasteiger partial charge on any atom is 0.227 e. The van der Waals surface area contributed by atoms with Crippen molar-refractivity contribution in [3.05, 3.63) is 28.0 Å². The Labute approximate surface area is 115 Å². The van der Waals surface area contributed by atoms with Crippen molar-refractivity contribution in [3.63, 3.8) is 0 Å². The predicted octanol–water partition coefficient (Wildman–Crippen LogP) is 4.27. The lowest BCUT2D eigenvalue weighted by molar-refractivity contribution is -0.120. The van der Waals surface area contributed by atoms with Crippen molar-refractivity contribution in [1.29, 1.82) is 0 Å². The monoisotopic (exact) mass is 313 g/mol. The second-order valence-electron chi connectivity index (χ2n) is 5.09. The highest BCUT2D eigenvalue weighted by Crippen LogP contribution is 2.32. The summed E-state index contributed by atoms with van der Waals surface area (Å²) in [5, 5.41) is 2.85. The highest BCUT2D eigenvalue weighted by molar-refractivity contribution is 9.10. The summed E-state index contributed by atoms with van der Waals surface area (Å²) in [5.74, 6) is 0.155. The number of halogens is 2. The molecule has 0 heterocycles. The van der Waals surface area contributed by atoms with Crippen molar-refractivity contribution >= 4 is 27.5 Å². The van der Waals surface area contributed by atoms with Gasteiger partial charge in [-0.25, -0.2) is 4.39 Å². The van der Waals surface area contributed by atoms with E-state index < -0.39 is 0 Å². The van der Waals surface area contributed by atoms with Crippen molar-refractivity contribution < 1.29 is 9.18 Å². The van der Waals surface area contributed by atoms with E-state index >= 15 is 0 Å². The molecule has 0 saturated heterocycles. The molecule has 1 amide bonds. The Morgan fingerprint density at radius 2 is 2.17 bits per heavy atom. The zero-order chi connectivity index (χ0) is 13.3. The zero-order valence-electron chi connectivity index (χ0n) is 10.6. The highest BCUT2D eigenvalue weighted by atomic mass is 79.9. The number of nitrogens with one attached hydrogen (secondary N) is 1. The summed E-state index contributed by atoms with van der Waals surface area (Å²) in [4.78, 5) is 12.1. The van der Waals surface area contributed by atoms with E-state index in [-0.39, 0.29) is 17.6 Å². The average Bonchev–Trinajstić information content (AvgIpc) is 2.72. The molecule has 1 aliphatic carbocycles. The number of benzene rings is 1. The topological polar surface area (TPSA) is 29.1 Å². The van der Waals surface area contributed by atoms with Crippen LogP contribution in [0.25, 0.3) is 0 Å². The number of rotatable bonds is 2. The van der Waals surface area contributed by atoms with Crippen LogP contribution < -0.4 is 5.32 Å². The lowest BCUT2D eigenvalue weighted by Gasteiger charge is -2.16. The second kappa shape index (κ2) is 5.39. The van der Waals surface area contributed by atoms with Gasteiger partial charge in [-0.3, -0.25) is 4.79 Å². The van der Waals surface area contributed by atoms with Gasteiger partial charge in [0.2, 0.25) is 5.91 Å². The third-order valence-corrected chi connectivity index (χ3v) is 4.33. The Hall–Kier alpha value is -0.900. The van der Waals surface area contributed by atoms with Gasteiger partial charge in [0.1, 0.15) is 5.82 Å². The minimum Gasteiger partial charge on any atom is -0.325 e. The number of carbonyl (C=O) groups is 1. The molecule has 1 aliphatic rings. The van der Waals surface area contributed by atoms with Gasteiger partial charge in [0.25, 0.3) is 0 Å². The number of amides is 1. The lowest BCUT2D eigenvalue weighted by atomic mass is 9.97. The van der Waals surface area contributed by atoms with E-state index in [0.717, 1.165) is 24.8 Å². The molecular formula is C14H17BrFNO.